The number of carbonyl (C=O) groups excluding carboxylic acids is 1. The van der Waals surface area contributed by atoms with E-state index in [1.165, 1.54) is 5.69 Å². The van der Waals surface area contributed by atoms with E-state index in [2.05, 4.69) is 25.4 Å². The average molecular weight is 364 g/mol. The molecule has 1 atom stereocenters. The molecule has 1 aromatic carbocycles. The molecule has 0 spiro atoms. The zero-order valence-electron chi connectivity index (χ0n) is 15.1. The first-order chi connectivity index (χ1) is 13.2. The Balaban J connectivity index is 1.30. The predicted octanol–water partition coefficient (Wildman–Crippen LogP) is 1.61. The molecular weight excluding hydrogens is 340 g/mol. The van der Waals surface area contributed by atoms with Gasteiger partial charge in [0.1, 0.15) is 0 Å². The van der Waals surface area contributed by atoms with Gasteiger partial charge < -0.3 is 16.0 Å². The lowest BCUT2D eigenvalue weighted by Crippen LogP contribution is -2.50. The number of aromatic nitrogens is 3. The van der Waals surface area contributed by atoms with Crippen LogP contribution >= 0.6 is 0 Å². The topological polar surface area (TPSA) is 99.9 Å². The number of fused-ring (bicyclic) bond motifs is 1. The Kier molecular flexibility index (Phi) is 5.02. The molecule has 27 heavy (non-hydrogen) atoms. The quantitative estimate of drug-likeness (QED) is 0.639. The number of nitrogens with zero attached hydrogens (tertiary/aromatic N) is 3. The zero-order valence-corrected chi connectivity index (χ0v) is 15.1. The maximum atomic E-state index is 12.5. The molecule has 1 amide bonds. The summed E-state index contributed by atoms with van der Waals surface area (Å²) in [6.45, 7) is 1.82. The third kappa shape index (κ3) is 3.93. The molecule has 0 bridgehead atoms. The molecule has 1 saturated heterocycles. The van der Waals surface area contributed by atoms with E-state index < -0.39 is 6.04 Å². The average Bonchev–Trinajstić information content (AvgIpc) is 3.12. The van der Waals surface area contributed by atoms with Crippen LogP contribution in [0, 0.1) is 0 Å². The summed E-state index contributed by atoms with van der Waals surface area (Å²) in [6.07, 6.45) is 5.88. The first-order valence-electron chi connectivity index (χ1n) is 9.33. The standard InChI is InChI=1S/C20H24N6O/c21-17(13-19-16-3-1-2-4-18(16)24-25-19)20(27)23-14-7-11-26(12-8-14)15-5-9-22-10-6-15/h1-6,9-10,14,17H,7-8,11-13,21H2,(H,23,27)(H,24,25). The second-order valence-electron chi connectivity index (χ2n) is 7.01. The SMILES string of the molecule is NC(Cc1[nH]nc2ccccc12)C(=O)NC1CCN(c2ccncc2)CC1. The number of amides is 1. The minimum atomic E-state index is -0.591. The monoisotopic (exact) mass is 364 g/mol. The second kappa shape index (κ2) is 7.75. The third-order valence-electron chi connectivity index (χ3n) is 5.17. The molecule has 3 aromatic rings. The van der Waals surface area contributed by atoms with Crippen molar-refractivity contribution in [1.82, 2.24) is 20.5 Å². The normalized spacial score (nSPS) is 16.4. The number of H-pyrrole nitrogens is 1. The molecule has 0 aliphatic carbocycles. The smallest absolute Gasteiger partial charge is 0.237 e. The minimum absolute atomic E-state index is 0.101. The highest BCUT2D eigenvalue weighted by Gasteiger charge is 2.24. The lowest BCUT2D eigenvalue weighted by Gasteiger charge is -2.34. The van der Waals surface area contributed by atoms with Crippen molar-refractivity contribution in [2.24, 2.45) is 5.73 Å². The molecule has 7 heteroatoms. The first kappa shape index (κ1) is 17.5. The van der Waals surface area contributed by atoms with E-state index in [0.29, 0.717) is 6.42 Å². The molecule has 0 saturated carbocycles. The highest BCUT2D eigenvalue weighted by Crippen LogP contribution is 2.19. The molecule has 7 nitrogen and oxygen atoms in total. The van der Waals surface area contributed by atoms with E-state index in [0.717, 1.165) is 42.5 Å². The highest BCUT2D eigenvalue weighted by atomic mass is 16.2. The molecule has 1 aliphatic rings. The Labute approximate surface area is 158 Å². The number of rotatable bonds is 5. The van der Waals surface area contributed by atoms with Gasteiger partial charge in [0, 0.05) is 54.7 Å². The minimum Gasteiger partial charge on any atom is -0.371 e. The number of nitrogens with one attached hydrogen (secondary N) is 2. The molecule has 3 heterocycles. The van der Waals surface area contributed by atoms with E-state index in [4.69, 9.17) is 5.73 Å². The van der Waals surface area contributed by atoms with Crippen molar-refractivity contribution in [2.75, 3.05) is 18.0 Å². The second-order valence-corrected chi connectivity index (χ2v) is 7.01. The van der Waals surface area contributed by atoms with E-state index in [1.807, 2.05) is 36.4 Å². The molecular formula is C20H24N6O. The number of nitrogens with two attached hydrogens (primary N) is 1. The molecule has 140 valence electrons. The number of carbonyl (C=O) groups is 1. The van der Waals surface area contributed by atoms with Crippen LogP contribution in [0.3, 0.4) is 0 Å². The van der Waals surface area contributed by atoms with Gasteiger partial charge in [-0.15, -0.1) is 0 Å². The summed E-state index contributed by atoms with van der Waals surface area (Å²) < 4.78 is 0. The summed E-state index contributed by atoms with van der Waals surface area (Å²) in [4.78, 5) is 18.9. The Morgan fingerprint density at radius 2 is 1.96 bits per heavy atom. The number of hydrogen-bond acceptors (Lipinski definition) is 5. The van der Waals surface area contributed by atoms with Gasteiger partial charge in [-0.25, -0.2) is 0 Å². The van der Waals surface area contributed by atoms with Crippen molar-refractivity contribution in [1.29, 1.82) is 0 Å². The number of piperidine rings is 1. The van der Waals surface area contributed by atoms with Crippen LogP contribution in [0.15, 0.2) is 48.8 Å². The van der Waals surface area contributed by atoms with Crippen molar-refractivity contribution >= 4 is 22.5 Å². The number of hydrogen-bond donors (Lipinski definition) is 3. The third-order valence-corrected chi connectivity index (χ3v) is 5.17. The number of benzene rings is 1. The fraction of sp³-hybridized carbons (Fsp3) is 0.350. The summed E-state index contributed by atoms with van der Waals surface area (Å²) in [5.41, 5.74) is 9.13. The lowest BCUT2D eigenvalue weighted by molar-refractivity contribution is -0.123. The van der Waals surface area contributed by atoms with Crippen LogP contribution in [-0.4, -0.2) is 46.3 Å². The maximum absolute atomic E-state index is 12.5. The lowest BCUT2D eigenvalue weighted by atomic mass is 10.0. The van der Waals surface area contributed by atoms with Gasteiger partial charge in [-0.2, -0.15) is 5.10 Å². The Bertz CT molecular complexity index is 901. The molecule has 1 unspecified atom stereocenters. The van der Waals surface area contributed by atoms with Gasteiger partial charge in [0.05, 0.1) is 11.6 Å². The summed E-state index contributed by atoms with van der Waals surface area (Å²) in [5, 5.41) is 11.4. The number of aromatic amines is 1. The van der Waals surface area contributed by atoms with Gasteiger partial charge in [0.15, 0.2) is 0 Å². The Morgan fingerprint density at radius 3 is 2.74 bits per heavy atom. The largest absolute Gasteiger partial charge is 0.371 e. The summed E-state index contributed by atoms with van der Waals surface area (Å²) in [7, 11) is 0. The molecule has 1 aliphatic heterocycles. The van der Waals surface area contributed by atoms with Gasteiger partial charge in [-0.1, -0.05) is 18.2 Å². The number of para-hydroxylation sites is 1. The Hall–Kier alpha value is -2.93. The molecule has 4 N–H and O–H groups in total. The van der Waals surface area contributed by atoms with Crippen LogP contribution in [0.2, 0.25) is 0 Å². The summed E-state index contributed by atoms with van der Waals surface area (Å²) in [6, 6.07) is 11.5. The molecule has 2 aromatic heterocycles. The molecule has 1 fully saturated rings. The predicted molar refractivity (Wildman–Crippen MR) is 105 cm³/mol. The van der Waals surface area contributed by atoms with Gasteiger partial charge in [0.25, 0.3) is 0 Å². The zero-order chi connectivity index (χ0) is 18.6. The summed E-state index contributed by atoms with van der Waals surface area (Å²) in [5.74, 6) is -0.101. The number of pyridine rings is 1. The fourth-order valence-electron chi connectivity index (χ4n) is 3.63. The van der Waals surface area contributed by atoms with E-state index in [1.54, 1.807) is 12.4 Å². The van der Waals surface area contributed by atoms with Gasteiger partial charge in [-0.3, -0.25) is 14.9 Å². The maximum Gasteiger partial charge on any atom is 0.237 e. The van der Waals surface area contributed by atoms with Crippen LogP contribution in [0.25, 0.3) is 10.9 Å². The molecule has 4 rings (SSSR count). The van der Waals surface area contributed by atoms with Crippen molar-refractivity contribution in [3.63, 3.8) is 0 Å². The van der Waals surface area contributed by atoms with Crippen LogP contribution < -0.4 is 16.0 Å². The van der Waals surface area contributed by atoms with Crippen molar-refractivity contribution in [3.05, 3.63) is 54.5 Å². The van der Waals surface area contributed by atoms with Crippen LogP contribution in [0.4, 0.5) is 5.69 Å². The van der Waals surface area contributed by atoms with E-state index in [9.17, 15) is 4.79 Å². The summed E-state index contributed by atoms with van der Waals surface area (Å²) >= 11 is 0. The van der Waals surface area contributed by atoms with Crippen molar-refractivity contribution < 1.29 is 4.79 Å². The number of anilines is 1. The van der Waals surface area contributed by atoms with Crippen molar-refractivity contribution in [2.45, 2.75) is 31.3 Å². The Morgan fingerprint density at radius 1 is 1.22 bits per heavy atom. The molecule has 0 radical (unpaired) electrons. The fourth-order valence-corrected chi connectivity index (χ4v) is 3.63. The van der Waals surface area contributed by atoms with Crippen molar-refractivity contribution in [3.8, 4) is 0 Å². The van der Waals surface area contributed by atoms with Crippen LogP contribution in [0.1, 0.15) is 18.5 Å². The van der Waals surface area contributed by atoms with Gasteiger partial charge >= 0.3 is 0 Å². The first-order valence-corrected chi connectivity index (χ1v) is 9.33. The van der Waals surface area contributed by atoms with Crippen LogP contribution in [0.5, 0.6) is 0 Å². The van der Waals surface area contributed by atoms with Gasteiger partial charge in [0.2, 0.25) is 5.91 Å². The highest BCUT2D eigenvalue weighted by molar-refractivity contribution is 5.85. The van der Waals surface area contributed by atoms with E-state index >= 15 is 0 Å². The van der Waals surface area contributed by atoms with E-state index in [-0.39, 0.29) is 11.9 Å². The van der Waals surface area contributed by atoms with Crippen LogP contribution in [-0.2, 0) is 11.2 Å². The van der Waals surface area contributed by atoms with Gasteiger partial charge in [-0.05, 0) is 31.0 Å².